The van der Waals surface area contributed by atoms with E-state index in [1.807, 2.05) is 12.1 Å². The smallest absolute Gasteiger partial charge is 0.141 e. The van der Waals surface area contributed by atoms with Crippen molar-refractivity contribution in [2.75, 3.05) is 5.73 Å². The zero-order valence-electron chi connectivity index (χ0n) is 9.20. The van der Waals surface area contributed by atoms with Crippen molar-refractivity contribution in [2.45, 2.75) is 25.7 Å². The van der Waals surface area contributed by atoms with Gasteiger partial charge < -0.3 is 10.7 Å². The molecule has 1 unspecified atom stereocenters. The molecule has 3 rings (SSSR count). The number of nitrogens with two attached hydrogens (primary N) is 1. The van der Waals surface area contributed by atoms with Gasteiger partial charge in [0.2, 0.25) is 0 Å². The summed E-state index contributed by atoms with van der Waals surface area (Å²) in [6.07, 6.45) is 3.97. The van der Waals surface area contributed by atoms with Crippen molar-refractivity contribution in [2.24, 2.45) is 0 Å². The van der Waals surface area contributed by atoms with Crippen LogP contribution < -0.4 is 5.73 Å². The Bertz CT molecular complexity index is 530. The number of nitrogens with zero attached hydrogens (tertiary/aromatic N) is 2. The minimum atomic E-state index is 0.530. The second-order valence-corrected chi connectivity index (χ2v) is 4.33. The third kappa shape index (κ3) is 1.30. The van der Waals surface area contributed by atoms with E-state index in [0.29, 0.717) is 11.7 Å². The van der Waals surface area contributed by atoms with Crippen LogP contribution in [-0.2, 0) is 6.42 Å². The van der Waals surface area contributed by atoms with Gasteiger partial charge in [0.15, 0.2) is 0 Å². The molecule has 3 N–H and O–H groups in total. The van der Waals surface area contributed by atoms with Gasteiger partial charge in [-0.25, -0.2) is 9.97 Å². The lowest BCUT2D eigenvalue weighted by molar-refractivity contribution is 0.726. The lowest BCUT2D eigenvalue weighted by atomic mass is 10.1. The van der Waals surface area contributed by atoms with E-state index in [1.54, 1.807) is 6.20 Å². The summed E-state index contributed by atoms with van der Waals surface area (Å²) in [6, 6.07) is 3.82. The Kier molecular flexibility index (Phi) is 1.96. The number of hydrogen-bond donors (Lipinski definition) is 2. The summed E-state index contributed by atoms with van der Waals surface area (Å²) in [4.78, 5) is 12.1. The van der Waals surface area contributed by atoms with E-state index in [4.69, 9.17) is 5.73 Å². The van der Waals surface area contributed by atoms with Crippen molar-refractivity contribution < 1.29 is 0 Å². The Morgan fingerprint density at radius 1 is 1.50 bits per heavy atom. The first kappa shape index (κ1) is 9.39. The van der Waals surface area contributed by atoms with Crippen molar-refractivity contribution in [1.29, 1.82) is 0 Å². The minimum absolute atomic E-state index is 0.530. The molecule has 0 saturated carbocycles. The number of H-pyrrole nitrogens is 1. The number of nitrogens with one attached hydrogen (secondary N) is 1. The van der Waals surface area contributed by atoms with Crippen LogP contribution in [0.2, 0.25) is 0 Å². The summed E-state index contributed by atoms with van der Waals surface area (Å²) in [7, 11) is 0. The average molecular weight is 214 g/mol. The second kappa shape index (κ2) is 3.33. The van der Waals surface area contributed by atoms with Gasteiger partial charge in [-0.15, -0.1) is 0 Å². The van der Waals surface area contributed by atoms with Crippen LogP contribution in [0.15, 0.2) is 18.3 Å². The molecule has 0 bridgehead atoms. The maximum absolute atomic E-state index is 5.83. The summed E-state index contributed by atoms with van der Waals surface area (Å²) >= 11 is 0. The van der Waals surface area contributed by atoms with E-state index in [2.05, 4.69) is 21.9 Å². The molecule has 0 spiro atoms. The number of aryl methyl sites for hydroxylation is 1. The Balaban J connectivity index is 2.09. The number of imidazole rings is 1. The SMILES string of the molecule is CC1CCc2[nH]c(-c3cccnc3N)nc21. The maximum atomic E-state index is 5.83. The number of hydrogen-bond acceptors (Lipinski definition) is 3. The van der Waals surface area contributed by atoms with Crippen LogP contribution >= 0.6 is 0 Å². The Labute approximate surface area is 93.9 Å². The number of pyridine rings is 1. The lowest BCUT2D eigenvalue weighted by Gasteiger charge is -2.01. The molecule has 0 aromatic carbocycles. The molecule has 1 aliphatic rings. The van der Waals surface area contributed by atoms with Gasteiger partial charge in [-0.1, -0.05) is 6.92 Å². The highest BCUT2D eigenvalue weighted by Gasteiger charge is 2.23. The summed E-state index contributed by atoms with van der Waals surface area (Å²) in [5.74, 6) is 1.93. The third-order valence-electron chi connectivity index (χ3n) is 3.20. The highest BCUT2D eigenvalue weighted by molar-refractivity contribution is 5.68. The quantitative estimate of drug-likeness (QED) is 0.763. The van der Waals surface area contributed by atoms with Crippen LogP contribution in [0.5, 0.6) is 0 Å². The van der Waals surface area contributed by atoms with E-state index in [9.17, 15) is 0 Å². The van der Waals surface area contributed by atoms with Crippen molar-refractivity contribution >= 4 is 5.82 Å². The fraction of sp³-hybridized carbons (Fsp3) is 0.333. The van der Waals surface area contributed by atoms with Crippen molar-refractivity contribution in [3.05, 3.63) is 29.7 Å². The number of fused-ring (bicyclic) bond motifs is 1. The minimum Gasteiger partial charge on any atom is -0.383 e. The summed E-state index contributed by atoms with van der Waals surface area (Å²) in [5.41, 5.74) is 9.18. The predicted octanol–water partition coefficient (Wildman–Crippen LogP) is 2.10. The first-order chi connectivity index (χ1) is 7.75. The molecule has 0 amide bonds. The molecular formula is C12H14N4. The second-order valence-electron chi connectivity index (χ2n) is 4.33. The molecule has 1 aliphatic carbocycles. The maximum Gasteiger partial charge on any atom is 0.141 e. The number of aromatic nitrogens is 3. The fourth-order valence-electron chi connectivity index (χ4n) is 2.26. The van der Waals surface area contributed by atoms with E-state index in [0.717, 1.165) is 17.8 Å². The van der Waals surface area contributed by atoms with Crippen LogP contribution in [0.3, 0.4) is 0 Å². The highest BCUT2D eigenvalue weighted by atomic mass is 15.0. The zero-order valence-corrected chi connectivity index (χ0v) is 9.20. The van der Waals surface area contributed by atoms with E-state index < -0.39 is 0 Å². The molecule has 82 valence electrons. The normalized spacial score (nSPS) is 18.7. The standard InChI is InChI=1S/C12H14N4/c1-7-4-5-9-10(7)16-12(15-9)8-3-2-6-14-11(8)13/h2-3,6-7H,4-5H2,1H3,(H2,13,14)(H,15,16). The summed E-state index contributed by atoms with van der Waals surface area (Å²) in [6.45, 7) is 2.21. The molecule has 4 nitrogen and oxygen atoms in total. The van der Waals surface area contributed by atoms with Crippen LogP contribution in [0.1, 0.15) is 30.7 Å². The van der Waals surface area contributed by atoms with Gasteiger partial charge >= 0.3 is 0 Å². The summed E-state index contributed by atoms with van der Waals surface area (Å²) in [5, 5.41) is 0. The third-order valence-corrected chi connectivity index (χ3v) is 3.20. The van der Waals surface area contributed by atoms with E-state index in [1.165, 1.54) is 17.8 Å². The number of nitrogen functional groups attached to an aromatic ring is 1. The average Bonchev–Trinajstić information content (AvgIpc) is 2.82. The van der Waals surface area contributed by atoms with Gasteiger partial charge in [-0.05, 0) is 25.0 Å². The van der Waals surface area contributed by atoms with Gasteiger partial charge in [0.05, 0.1) is 11.3 Å². The molecule has 2 heterocycles. The van der Waals surface area contributed by atoms with Crippen LogP contribution in [-0.4, -0.2) is 15.0 Å². The van der Waals surface area contributed by atoms with Gasteiger partial charge in [0.25, 0.3) is 0 Å². The molecule has 1 atom stereocenters. The van der Waals surface area contributed by atoms with Crippen molar-refractivity contribution in [3.63, 3.8) is 0 Å². The molecule has 2 aromatic rings. The Morgan fingerprint density at radius 2 is 2.38 bits per heavy atom. The molecule has 0 aliphatic heterocycles. The van der Waals surface area contributed by atoms with E-state index in [-0.39, 0.29) is 0 Å². The number of anilines is 1. The van der Waals surface area contributed by atoms with Crippen molar-refractivity contribution in [3.8, 4) is 11.4 Å². The first-order valence-electron chi connectivity index (χ1n) is 5.55. The molecular weight excluding hydrogens is 200 g/mol. The molecule has 0 radical (unpaired) electrons. The Morgan fingerprint density at radius 3 is 3.12 bits per heavy atom. The monoisotopic (exact) mass is 214 g/mol. The topological polar surface area (TPSA) is 67.6 Å². The first-order valence-corrected chi connectivity index (χ1v) is 5.55. The van der Waals surface area contributed by atoms with Gasteiger partial charge in [0.1, 0.15) is 11.6 Å². The Hall–Kier alpha value is -1.84. The largest absolute Gasteiger partial charge is 0.383 e. The van der Waals surface area contributed by atoms with Gasteiger partial charge in [-0.3, -0.25) is 0 Å². The molecule has 0 fully saturated rings. The van der Waals surface area contributed by atoms with Crippen LogP contribution in [0.25, 0.3) is 11.4 Å². The zero-order chi connectivity index (χ0) is 11.1. The number of aromatic amines is 1. The summed E-state index contributed by atoms with van der Waals surface area (Å²) < 4.78 is 0. The molecule has 0 saturated heterocycles. The van der Waals surface area contributed by atoms with Crippen molar-refractivity contribution in [1.82, 2.24) is 15.0 Å². The molecule has 16 heavy (non-hydrogen) atoms. The van der Waals surface area contributed by atoms with Crippen LogP contribution in [0, 0.1) is 0 Å². The van der Waals surface area contributed by atoms with Gasteiger partial charge in [0, 0.05) is 17.8 Å². The van der Waals surface area contributed by atoms with E-state index >= 15 is 0 Å². The highest BCUT2D eigenvalue weighted by Crippen LogP contribution is 2.33. The van der Waals surface area contributed by atoms with Gasteiger partial charge in [-0.2, -0.15) is 0 Å². The fourth-order valence-corrected chi connectivity index (χ4v) is 2.26. The molecule has 2 aromatic heterocycles. The molecule has 4 heteroatoms. The predicted molar refractivity (Wildman–Crippen MR) is 63.0 cm³/mol. The van der Waals surface area contributed by atoms with Crippen LogP contribution in [0.4, 0.5) is 5.82 Å². The lowest BCUT2D eigenvalue weighted by Crippen LogP contribution is -1.95. The number of rotatable bonds is 1.